The molecule has 1 aliphatic rings. The predicted octanol–water partition coefficient (Wildman–Crippen LogP) is 0.114. The van der Waals surface area contributed by atoms with Gasteiger partial charge in [0.1, 0.15) is 18.4 Å². The summed E-state index contributed by atoms with van der Waals surface area (Å²) in [6.07, 6.45) is 0.928. The van der Waals surface area contributed by atoms with Crippen molar-refractivity contribution in [3.8, 4) is 0 Å². The number of nitrogens with zero attached hydrogens (tertiary/aromatic N) is 1. The van der Waals surface area contributed by atoms with E-state index in [1.807, 2.05) is 0 Å². The Labute approximate surface area is 133 Å². The first-order valence-corrected chi connectivity index (χ1v) is 7.43. The lowest BCUT2D eigenvalue weighted by molar-refractivity contribution is -0.150. The molecule has 0 spiro atoms. The quantitative estimate of drug-likeness (QED) is 0.723. The molecule has 8 nitrogen and oxygen atoms in total. The first-order chi connectivity index (χ1) is 10.5. The van der Waals surface area contributed by atoms with E-state index in [1.165, 1.54) is 28.7 Å². The highest BCUT2D eigenvalue weighted by atomic mass is 79.9. The lowest BCUT2D eigenvalue weighted by Crippen LogP contribution is -2.33. The molecule has 0 aliphatic carbocycles. The number of aromatic amines is 1. The number of hydrogen-bond donors (Lipinski definition) is 2. The second-order valence-electron chi connectivity index (χ2n) is 4.74. The third-order valence-electron chi connectivity index (χ3n) is 3.23. The molecule has 3 atom stereocenters. The molecule has 1 aromatic rings. The predicted molar refractivity (Wildman–Crippen MR) is 80.5 cm³/mol. The van der Waals surface area contributed by atoms with Crippen LogP contribution in [0.3, 0.4) is 0 Å². The number of carbonyl (C=O) groups is 1. The maximum absolute atomic E-state index is 11.9. The van der Waals surface area contributed by atoms with Gasteiger partial charge in [-0.1, -0.05) is 15.9 Å². The summed E-state index contributed by atoms with van der Waals surface area (Å²) < 4.78 is 11.8. The molecule has 9 heteroatoms. The highest BCUT2D eigenvalue weighted by Gasteiger charge is 2.38. The fourth-order valence-electron chi connectivity index (χ4n) is 2.27. The fourth-order valence-corrected chi connectivity index (χ4v) is 2.56. The van der Waals surface area contributed by atoms with Crippen LogP contribution in [0.25, 0.3) is 6.08 Å². The Balaban J connectivity index is 2.32. The number of halogens is 1. The Morgan fingerprint density at radius 2 is 2.36 bits per heavy atom. The van der Waals surface area contributed by atoms with Gasteiger partial charge in [-0.05, 0) is 11.1 Å². The van der Waals surface area contributed by atoms with Gasteiger partial charge in [-0.15, -0.1) is 0 Å². The van der Waals surface area contributed by atoms with E-state index in [-0.39, 0.29) is 18.6 Å². The van der Waals surface area contributed by atoms with E-state index in [2.05, 4.69) is 20.9 Å². The largest absolute Gasteiger partial charge is 0.460 e. The molecule has 1 aliphatic heterocycles. The molecule has 1 aromatic heterocycles. The molecule has 0 unspecified atom stereocenters. The summed E-state index contributed by atoms with van der Waals surface area (Å²) in [5.74, 6) is -0.496. The fraction of sp³-hybridized carbons (Fsp3) is 0.462. The van der Waals surface area contributed by atoms with Crippen LogP contribution >= 0.6 is 15.9 Å². The summed E-state index contributed by atoms with van der Waals surface area (Å²) in [5.41, 5.74) is -0.899. The molecule has 22 heavy (non-hydrogen) atoms. The van der Waals surface area contributed by atoms with Gasteiger partial charge >= 0.3 is 11.7 Å². The minimum Gasteiger partial charge on any atom is -0.460 e. The zero-order chi connectivity index (χ0) is 16.3. The van der Waals surface area contributed by atoms with Gasteiger partial charge < -0.3 is 14.6 Å². The third-order valence-corrected chi connectivity index (χ3v) is 3.49. The van der Waals surface area contributed by atoms with Crippen LogP contribution in [0.5, 0.6) is 0 Å². The van der Waals surface area contributed by atoms with E-state index >= 15 is 0 Å². The zero-order valence-corrected chi connectivity index (χ0v) is 13.3. The monoisotopic (exact) mass is 374 g/mol. The van der Waals surface area contributed by atoms with E-state index in [4.69, 9.17) is 9.47 Å². The van der Waals surface area contributed by atoms with Crippen molar-refractivity contribution in [2.45, 2.75) is 31.8 Å². The summed E-state index contributed by atoms with van der Waals surface area (Å²) in [6, 6.07) is 0. The molecule has 2 heterocycles. The summed E-state index contributed by atoms with van der Waals surface area (Å²) >= 11 is 3.06. The van der Waals surface area contributed by atoms with Crippen molar-refractivity contribution in [2.75, 3.05) is 6.61 Å². The smallest absolute Gasteiger partial charge is 0.330 e. The van der Waals surface area contributed by atoms with Gasteiger partial charge in [0.05, 0.1) is 12.2 Å². The highest BCUT2D eigenvalue weighted by Crippen LogP contribution is 2.29. The standard InChI is InChI=1S/C13H15BrN2O6/c1-7(18)21-9-4-11(22-10(9)6-17)16-5-8(2-3-14)12(19)15-13(16)20/h2-3,5,9-11,17H,4,6H2,1H3,(H,15,19,20)/t9-,10+,11+/m0/s1. The summed E-state index contributed by atoms with van der Waals surface area (Å²) in [5, 5.41) is 9.29. The van der Waals surface area contributed by atoms with Gasteiger partial charge in [0.25, 0.3) is 5.56 Å². The van der Waals surface area contributed by atoms with Crippen molar-refractivity contribution in [3.63, 3.8) is 0 Å². The van der Waals surface area contributed by atoms with Gasteiger partial charge in [-0.25, -0.2) is 4.79 Å². The van der Waals surface area contributed by atoms with Crippen LogP contribution < -0.4 is 11.2 Å². The van der Waals surface area contributed by atoms with Crippen LogP contribution in [0.4, 0.5) is 0 Å². The first-order valence-electron chi connectivity index (χ1n) is 6.52. The topological polar surface area (TPSA) is 111 Å². The van der Waals surface area contributed by atoms with Crippen LogP contribution in [0.2, 0.25) is 0 Å². The summed E-state index contributed by atoms with van der Waals surface area (Å²) in [4.78, 5) is 38.3. The lowest BCUT2D eigenvalue weighted by Gasteiger charge is -2.15. The number of esters is 1. The molecule has 2 N–H and O–H groups in total. The Bertz CT molecular complexity index is 695. The molecular weight excluding hydrogens is 360 g/mol. The summed E-state index contributed by atoms with van der Waals surface area (Å²) in [7, 11) is 0. The van der Waals surface area contributed by atoms with E-state index in [9.17, 15) is 19.5 Å². The molecular formula is C13H15BrN2O6. The minimum atomic E-state index is -0.742. The molecule has 2 rings (SSSR count). The Kier molecular flexibility index (Phi) is 5.33. The Morgan fingerprint density at radius 3 is 2.95 bits per heavy atom. The third kappa shape index (κ3) is 3.54. The van der Waals surface area contributed by atoms with Crippen LogP contribution in [0, 0.1) is 0 Å². The van der Waals surface area contributed by atoms with E-state index in [0.29, 0.717) is 0 Å². The summed E-state index contributed by atoms with van der Waals surface area (Å²) in [6.45, 7) is 0.910. The van der Waals surface area contributed by atoms with Crippen molar-refractivity contribution in [1.82, 2.24) is 9.55 Å². The molecule has 0 bridgehead atoms. The molecule has 1 saturated heterocycles. The van der Waals surface area contributed by atoms with Gasteiger partial charge in [0.2, 0.25) is 0 Å². The second kappa shape index (κ2) is 7.03. The maximum atomic E-state index is 11.9. The van der Waals surface area contributed by atoms with E-state index in [1.54, 1.807) is 0 Å². The Morgan fingerprint density at radius 1 is 1.64 bits per heavy atom. The molecule has 0 amide bonds. The van der Waals surface area contributed by atoms with Crippen molar-refractivity contribution >= 4 is 28.0 Å². The number of rotatable bonds is 4. The number of ether oxygens (including phenoxy) is 2. The van der Waals surface area contributed by atoms with Crippen LogP contribution in [-0.4, -0.2) is 39.4 Å². The molecule has 120 valence electrons. The number of H-pyrrole nitrogens is 1. The van der Waals surface area contributed by atoms with Gasteiger partial charge in [0.15, 0.2) is 0 Å². The second-order valence-corrected chi connectivity index (χ2v) is 5.27. The van der Waals surface area contributed by atoms with Crippen molar-refractivity contribution in [2.24, 2.45) is 0 Å². The maximum Gasteiger partial charge on any atom is 0.330 e. The number of aromatic nitrogens is 2. The Hall–Kier alpha value is -1.71. The number of aliphatic hydroxyl groups is 1. The van der Waals surface area contributed by atoms with Gasteiger partial charge in [-0.2, -0.15) is 0 Å². The number of carbonyl (C=O) groups excluding carboxylic acids is 1. The van der Waals surface area contributed by atoms with E-state index in [0.717, 1.165) is 0 Å². The molecule has 0 saturated carbocycles. The normalized spacial score (nSPS) is 24.8. The van der Waals surface area contributed by atoms with Gasteiger partial charge in [-0.3, -0.25) is 19.1 Å². The lowest BCUT2D eigenvalue weighted by atomic mass is 10.2. The SMILES string of the molecule is CC(=O)O[C@H]1C[C@H](n2cc(C=CBr)c(=O)[nH]c2=O)O[C@@H]1CO. The highest BCUT2D eigenvalue weighted by molar-refractivity contribution is 9.11. The van der Waals surface area contributed by atoms with Crippen LogP contribution in [0.15, 0.2) is 20.8 Å². The van der Waals surface area contributed by atoms with Gasteiger partial charge in [0, 0.05) is 19.5 Å². The van der Waals surface area contributed by atoms with Crippen molar-refractivity contribution < 1.29 is 19.4 Å². The van der Waals surface area contributed by atoms with Crippen LogP contribution in [0.1, 0.15) is 25.1 Å². The van der Waals surface area contributed by atoms with Crippen LogP contribution in [-0.2, 0) is 14.3 Å². The first kappa shape index (κ1) is 16.7. The minimum absolute atomic E-state index is 0.203. The zero-order valence-electron chi connectivity index (χ0n) is 11.7. The van der Waals surface area contributed by atoms with E-state index < -0.39 is 35.7 Å². The number of aliphatic hydroxyl groups excluding tert-OH is 1. The van der Waals surface area contributed by atoms with Crippen molar-refractivity contribution in [3.05, 3.63) is 37.6 Å². The average molecular weight is 375 g/mol. The average Bonchev–Trinajstić information content (AvgIpc) is 2.83. The molecule has 0 radical (unpaired) electrons. The van der Waals surface area contributed by atoms with Crippen molar-refractivity contribution in [1.29, 1.82) is 0 Å². The number of hydrogen-bond acceptors (Lipinski definition) is 6. The number of nitrogens with one attached hydrogen (secondary N) is 1. The molecule has 1 fully saturated rings. The molecule has 0 aromatic carbocycles.